The molecule has 0 atom stereocenters. The maximum absolute atomic E-state index is 12.1. The van der Waals surface area contributed by atoms with Gasteiger partial charge in [0.25, 0.3) is 5.91 Å². The number of rotatable bonds is 4. The van der Waals surface area contributed by atoms with Gasteiger partial charge in [0.2, 0.25) is 0 Å². The van der Waals surface area contributed by atoms with Crippen molar-refractivity contribution in [1.82, 2.24) is 10.3 Å². The lowest BCUT2D eigenvalue weighted by Gasteiger charge is -2.20. The van der Waals surface area contributed by atoms with E-state index in [-0.39, 0.29) is 11.4 Å². The largest absolute Gasteiger partial charge is 0.497 e. The zero-order chi connectivity index (χ0) is 16.2. The number of nitrogens with one attached hydrogen (secondary N) is 2. The fraction of sp³-hybridized carbons (Fsp3) is 0.294. The summed E-state index contributed by atoms with van der Waals surface area (Å²) in [7, 11) is 1.63. The Morgan fingerprint density at radius 1 is 1.09 bits per heavy atom. The highest BCUT2D eigenvalue weighted by Crippen LogP contribution is 2.20. The summed E-state index contributed by atoms with van der Waals surface area (Å²) in [6, 6.07) is 11.1. The van der Waals surface area contributed by atoms with E-state index in [1.54, 1.807) is 19.4 Å². The second-order valence-corrected chi connectivity index (χ2v) is 5.99. The maximum Gasteiger partial charge on any atom is 0.270 e. The van der Waals surface area contributed by atoms with E-state index < -0.39 is 0 Å². The number of hydrogen-bond donors (Lipinski definition) is 2. The molecule has 5 nitrogen and oxygen atoms in total. The van der Waals surface area contributed by atoms with Crippen LogP contribution >= 0.6 is 0 Å². The minimum Gasteiger partial charge on any atom is -0.497 e. The molecule has 1 heterocycles. The van der Waals surface area contributed by atoms with Gasteiger partial charge in [-0.05, 0) is 57.2 Å². The van der Waals surface area contributed by atoms with Crippen LogP contribution in [0.5, 0.6) is 5.75 Å². The van der Waals surface area contributed by atoms with Crippen molar-refractivity contribution in [3.8, 4) is 5.75 Å². The second kappa shape index (κ2) is 6.47. The SMILES string of the molecule is COc1ccc(Nc2ccnc(C(=O)NC(C)(C)C)c2)cc1. The predicted molar refractivity (Wildman–Crippen MR) is 87.7 cm³/mol. The van der Waals surface area contributed by atoms with E-state index in [0.29, 0.717) is 5.69 Å². The zero-order valence-electron chi connectivity index (χ0n) is 13.3. The number of aromatic nitrogens is 1. The Morgan fingerprint density at radius 2 is 1.77 bits per heavy atom. The Balaban J connectivity index is 2.12. The topological polar surface area (TPSA) is 63.2 Å². The number of carbonyl (C=O) groups is 1. The Labute approximate surface area is 130 Å². The molecule has 0 aliphatic carbocycles. The molecule has 0 aliphatic rings. The average Bonchev–Trinajstić information content (AvgIpc) is 2.46. The Kier molecular flexibility index (Phi) is 4.65. The van der Waals surface area contributed by atoms with Gasteiger partial charge in [-0.3, -0.25) is 9.78 Å². The van der Waals surface area contributed by atoms with Crippen molar-refractivity contribution in [3.05, 3.63) is 48.3 Å². The maximum atomic E-state index is 12.1. The first-order valence-electron chi connectivity index (χ1n) is 7.07. The number of benzene rings is 1. The molecular formula is C17H21N3O2. The third kappa shape index (κ3) is 4.48. The van der Waals surface area contributed by atoms with E-state index in [2.05, 4.69) is 15.6 Å². The lowest BCUT2D eigenvalue weighted by molar-refractivity contribution is 0.0914. The first-order chi connectivity index (χ1) is 10.4. The first-order valence-corrected chi connectivity index (χ1v) is 7.07. The monoisotopic (exact) mass is 299 g/mol. The number of methoxy groups -OCH3 is 1. The van der Waals surface area contributed by atoms with Gasteiger partial charge in [-0.15, -0.1) is 0 Å². The number of carbonyl (C=O) groups excluding carboxylic acids is 1. The van der Waals surface area contributed by atoms with Gasteiger partial charge >= 0.3 is 0 Å². The summed E-state index contributed by atoms with van der Waals surface area (Å²) >= 11 is 0. The zero-order valence-corrected chi connectivity index (χ0v) is 13.3. The molecule has 22 heavy (non-hydrogen) atoms. The number of ether oxygens (including phenoxy) is 1. The van der Waals surface area contributed by atoms with Crippen molar-refractivity contribution < 1.29 is 9.53 Å². The summed E-state index contributed by atoms with van der Waals surface area (Å²) < 4.78 is 5.13. The van der Waals surface area contributed by atoms with Crippen LogP contribution in [0.15, 0.2) is 42.6 Å². The van der Waals surface area contributed by atoms with Gasteiger partial charge in [-0.1, -0.05) is 0 Å². The fourth-order valence-electron chi connectivity index (χ4n) is 1.88. The Morgan fingerprint density at radius 3 is 2.36 bits per heavy atom. The third-order valence-electron chi connectivity index (χ3n) is 2.86. The fourth-order valence-corrected chi connectivity index (χ4v) is 1.88. The van der Waals surface area contributed by atoms with Crippen molar-refractivity contribution in [3.63, 3.8) is 0 Å². The third-order valence-corrected chi connectivity index (χ3v) is 2.86. The van der Waals surface area contributed by atoms with Gasteiger partial charge < -0.3 is 15.4 Å². The molecule has 2 N–H and O–H groups in total. The summed E-state index contributed by atoms with van der Waals surface area (Å²) in [6.45, 7) is 5.80. The highest BCUT2D eigenvalue weighted by molar-refractivity contribution is 5.93. The van der Waals surface area contributed by atoms with Crippen LogP contribution in [-0.2, 0) is 0 Å². The number of hydrogen-bond acceptors (Lipinski definition) is 4. The van der Waals surface area contributed by atoms with Crippen LogP contribution in [-0.4, -0.2) is 23.5 Å². The van der Waals surface area contributed by atoms with E-state index in [1.165, 1.54) is 0 Å². The van der Waals surface area contributed by atoms with Crippen LogP contribution in [0.4, 0.5) is 11.4 Å². The molecule has 0 radical (unpaired) electrons. The van der Waals surface area contributed by atoms with Crippen molar-refractivity contribution in [2.45, 2.75) is 26.3 Å². The van der Waals surface area contributed by atoms with Crippen LogP contribution in [0.2, 0.25) is 0 Å². The number of anilines is 2. The summed E-state index contributed by atoms with van der Waals surface area (Å²) in [4.78, 5) is 16.3. The minimum absolute atomic E-state index is 0.189. The molecule has 0 saturated heterocycles. The van der Waals surface area contributed by atoms with Gasteiger partial charge in [0.05, 0.1) is 7.11 Å². The minimum atomic E-state index is -0.293. The van der Waals surface area contributed by atoms with Crippen LogP contribution < -0.4 is 15.4 Å². The van der Waals surface area contributed by atoms with Crippen LogP contribution in [0.3, 0.4) is 0 Å². The van der Waals surface area contributed by atoms with Crippen LogP contribution in [0.25, 0.3) is 0 Å². The van der Waals surface area contributed by atoms with E-state index in [9.17, 15) is 4.79 Å². The van der Waals surface area contributed by atoms with Crippen molar-refractivity contribution in [2.75, 3.05) is 12.4 Å². The predicted octanol–water partition coefficient (Wildman–Crippen LogP) is 3.36. The van der Waals surface area contributed by atoms with Crippen molar-refractivity contribution in [1.29, 1.82) is 0 Å². The van der Waals surface area contributed by atoms with Gasteiger partial charge in [0, 0.05) is 23.1 Å². The summed E-state index contributed by atoms with van der Waals surface area (Å²) in [5.41, 5.74) is 1.81. The Hall–Kier alpha value is -2.56. The van der Waals surface area contributed by atoms with Crippen LogP contribution in [0, 0.1) is 0 Å². The smallest absolute Gasteiger partial charge is 0.270 e. The highest BCUT2D eigenvalue weighted by atomic mass is 16.5. The quantitative estimate of drug-likeness (QED) is 0.908. The van der Waals surface area contributed by atoms with Crippen molar-refractivity contribution >= 4 is 17.3 Å². The lowest BCUT2D eigenvalue weighted by Crippen LogP contribution is -2.40. The number of amides is 1. The second-order valence-electron chi connectivity index (χ2n) is 5.99. The van der Waals surface area contributed by atoms with Gasteiger partial charge in [0.1, 0.15) is 11.4 Å². The van der Waals surface area contributed by atoms with Crippen molar-refractivity contribution in [2.24, 2.45) is 0 Å². The lowest BCUT2D eigenvalue weighted by atomic mass is 10.1. The normalized spacial score (nSPS) is 10.9. The first kappa shape index (κ1) is 15.8. The molecule has 0 saturated carbocycles. The molecule has 2 rings (SSSR count). The molecule has 0 fully saturated rings. The average molecular weight is 299 g/mol. The highest BCUT2D eigenvalue weighted by Gasteiger charge is 2.16. The molecule has 0 bridgehead atoms. The molecule has 0 unspecified atom stereocenters. The molecule has 1 amide bonds. The number of pyridine rings is 1. The molecule has 1 aromatic heterocycles. The van der Waals surface area contributed by atoms with Crippen LogP contribution in [0.1, 0.15) is 31.3 Å². The van der Waals surface area contributed by atoms with E-state index in [4.69, 9.17) is 4.74 Å². The number of nitrogens with zero attached hydrogens (tertiary/aromatic N) is 1. The van der Waals surface area contributed by atoms with E-state index >= 15 is 0 Å². The molecular weight excluding hydrogens is 278 g/mol. The molecule has 0 aliphatic heterocycles. The summed E-state index contributed by atoms with van der Waals surface area (Å²) in [5.74, 6) is 0.608. The molecule has 1 aromatic carbocycles. The van der Waals surface area contributed by atoms with Gasteiger partial charge in [-0.25, -0.2) is 0 Å². The van der Waals surface area contributed by atoms with E-state index in [1.807, 2.05) is 51.1 Å². The van der Waals surface area contributed by atoms with E-state index in [0.717, 1.165) is 17.1 Å². The molecule has 116 valence electrons. The summed E-state index contributed by atoms with van der Waals surface area (Å²) in [5, 5.41) is 6.13. The van der Waals surface area contributed by atoms with Gasteiger partial charge in [0.15, 0.2) is 0 Å². The Bertz CT molecular complexity index is 646. The van der Waals surface area contributed by atoms with Gasteiger partial charge in [-0.2, -0.15) is 0 Å². The summed E-state index contributed by atoms with van der Waals surface area (Å²) in [6.07, 6.45) is 1.61. The standard InChI is InChI=1S/C17H21N3O2/c1-17(2,3)20-16(21)15-11-13(9-10-18-15)19-12-5-7-14(22-4)8-6-12/h5-11H,1-4H3,(H,18,19)(H,20,21). The molecule has 5 heteroatoms. The molecule has 2 aromatic rings. The molecule has 0 spiro atoms.